The molecule has 1 aliphatic rings. The highest BCUT2D eigenvalue weighted by Gasteiger charge is 2.24. The van der Waals surface area contributed by atoms with E-state index in [9.17, 15) is 0 Å². The SMILES string of the molecule is CCNC(CN(C)CC1CC1)c1ccccc1OCC. The fourth-order valence-corrected chi connectivity index (χ4v) is 2.70. The highest BCUT2D eigenvalue weighted by molar-refractivity contribution is 5.36. The van der Waals surface area contributed by atoms with Crippen LogP contribution >= 0.6 is 0 Å². The van der Waals surface area contributed by atoms with Crippen molar-refractivity contribution in [2.45, 2.75) is 32.7 Å². The summed E-state index contributed by atoms with van der Waals surface area (Å²) < 4.78 is 5.78. The summed E-state index contributed by atoms with van der Waals surface area (Å²) in [6, 6.07) is 8.74. The zero-order chi connectivity index (χ0) is 14.4. The lowest BCUT2D eigenvalue weighted by Crippen LogP contribution is -2.34. The van der Waals surface area contributed by atoms with Crippen molar-refractivity contribution < 1.29 is 4.74 Å². The second-order valence-electron chi connectivity index (χ2n) is 5.75. The molecule has 2 rings (SSSR count). The van der Waals surface area contributed by atoms with E-state index in [1.165, 1.54) is 24.9 Å². The average Bonchev–Trinajstić information content (AvgIpc) is 3.23. The van der Waals surface area contributed by atoms with Gasteiger partial charge in [-0.25, -0.2) is 0 Å². The van der Waals surface area contributed by atoms with Crippen LogP contribution < -0.4 is 10.1 Å². The van der Waals surface area contributed by atoms with Crippen molar-refractivity contribution in [3.8, 4) is 5.75 Å². The molecule has 1 aromatic carbocycles. The maximum Gasteiger partial charge on any atom is 0.124 e. The number of hydrogen-bond acceptors (Lipinski definition) is 3. The summed E-state index contributed by atoms with van der Waals surface area (Å²) in [5.74, 6) is 1.95. The first-order chi connectivity index (χ1) is 9.74. The third-order valence-electron chi connectivity index (χ3n) is 3.81. The van der Waals surface area contributed by atoms with Crippen molar-refractivity contribution in [1.82, 2.24) is 10.2 Å². The lowest BCUT2D eigenvalue weighted by atomic mass is 10.0. The number of nitrogens with zero attached hydrogens (tertiary/aromatic N) is 1. The van der Waals surface area contributed by atoms with Gasteiger partial charge in [0.1, 0.15) is 5.75 Å². The topological polar surface area (TPSA) is 24.5 Å². The van der Waals surface area contributed by atoms with Crippen LogP contribution in [0.1, 0.15) is 38.3 Å². The highest BCUT2D eigenvalue weighted by Crippen LogP contribution is 2.30. The first kappa shape index (κ1) is 15.3. The van der Waals surface area contributed by atoms with Gasteiger partial charge in [-0.2, -0.15) is 0 Å². The largest absolute Gasteiger partial charge is 0.494 e. The quantitative estimate of drug-likeness (QED) is 0.750. The zero-order valence-electron chi connectivity index (χ0n) is 13.1. The summed E-state index contributed by atoms with van der Waals surface area (Å²) in [6.07, 6.45) is 2.82. The van der Waals surface area contributed by atoms with Crippen molar-refractivity contribution in [3.63, 3.8) is 0 Å². The predicted octanol–water partition coefficient (Wildman–Crippen LogP) is 3.08. The molecule has 1 N–H and O–H groups in total. The van der Waals surface area contributed by atoms with Gasteiger partial charge in [-0.05, 0) is 45.3 Å². The van der Waals surface area contributed by atoms with E-state index in [1.54, 1.807) is 0 Å². The Bertz CT molecular complexity index is 404. The molecule has 1 aliphatic carbocycles. The van der Waals surface area contributed by atoms with Crippen molar-refractivity contribution in [1.29, 1.82) is 0 Å². The molecule has 0 aromatic heterocycles. The molecule has 3 nitrogen and oxygen atoms in total. The van der Waals surface area contributed by atoms with Crippen LogP contribution in [0.2, 0.25) is 0 Å². The normalized spacial score (nSPS) is 16.4. The number of hydrogen-bond donors (Lipinski definition) is 1. The van der Waals surface area contributed by atoms with Crippen LogP contribution in [0.15, 0.2) is 24.3 Å². The molecule has 1 fully saturated rings. The molecule has 112 valence electrons. The minimum atomic E-state index is 0.339. The van der Waals surface area contributed by atoms with E-state index in [-0.39, 0.29) is 0 Å². The number of para-hydroxylation sites is 1. The molecule has 0 bridgehead atoms. The Hall–Kier alpha value is -1.06. The minimum absolute atomic E-state index is 0.339. The molecule has 20 heavy (non-hydrogen) atoms. The van der Waals surface area contributed by atoms with Crippen LogP contribution in [0.5, 0.6) is 5.75 Å². The zero-order valence-corrected chi connectivity index (χ0v) is 13.1. The van der Waals surface area contributed by atoms with Gasteiger partial charge in [0.05, 0.1) is 6.61 Å². The third kappa shape index (κ3) is 4.50. The van der Waals surface area contributed by atoms with Gasteiger partial charge in [0.25, 0.3) is 0 Å². The monoisotopic (exact) mass is 276 g/mol. The molecule has 1 unspecified atom stereocenters. The lowest BCUT2D eigenvalue weighted by Gasteiger charge is -2.26. The van der Waals surface area contributed by atoms with Crippen LogP contribution in [0.4, 0.5) is 0 Å². The van der Waals surface area contributed by atoms with E-state index in [2.05, 4.69) is 42.4 Å². The van der Waals surface area contributed by atoms with Gasteiger partial charge in [0.2, 0.25) is 0 Å². The van der Waals surface area contributed by atoms with Gasteiger partial charge in [-0.3, -0.25) is 0 Å². The molecule has 1 saturated carbocycles. The summed E-state index contributed by atoms with van der Waals surface area (Å²) in [5.41, 5.74) is 1.28. The van der Waals surface area contributed by atoms with E-state index < -0.39 is 0 Å². The Morgan fingerprint density at radius 3 is 2.70 bits per heavy atom. The number of rotatable bonds is 9. The summed E-state index contributed by atoms with van der Waals surface area (Å²) in [5, 5.41) is 3.60. The molecule has 1 atom stereocenters. The summed E-state index contributed by atoms with van der Waals surface area (Å²) >= 11 is 0. The Kier molecular flexibility index (Phi) is 5.86. The third-order valence-corrected chi connectivity index (χ3v) is 3.81. The number of nitrogens with one attached hydrogen (secondary N) is 1. The van der Waals surface area contributed by atoms with Gasteiger partial charge in [-0.15, -0.1) is 0 Å². The maximum atomic E-state index is 5.78. The van der Waals surface area contributed by atoms with Crippen LogP contribution in [0.25, 0.3) is 0 Å². The molecule has 0 heterocycles. The second kappa shape index (κ2) is 7.65. The van der Waals surface area contributed by atoms with E-state index in [0.717, 1.165) is 24.8 Å². The summed E-state index contributed by atoms with van der Waals surface area (Å²) in [7, 11) is 2.23. The molecule has 0 saturated heterocycles. The Balaban J connectivity index is 2.05. The van der Waals surface area contributed by atoms with Gasteiger partial charge in [0.15, 0.2) is 0 Å². The number of likely N-dealkylation sites (N-methyl/N-ethyl adjacent to an activating group) is 2. The molecule has 0 aliphatic heterocycles. The number of ether oxygens (including phenoxy) is 1. The lowest BCUT2D eigenvalue weighted by molar-refractivity contribution is 0.274. The Labute approximate surface area is 123 Å². The average molecular weight is 276 g/mol. The molecule has 3 heteroatoms. The Morgan fingerprint density at radius 2 is 2.05 bits per heavy atom. The van der Waals surface area contributed by atoms with Crippen LogP contribution in [-0.2, 0) is 0 Å². The maximum absolute atomic E-state index is 5.78. The smallest absolute Gasteiger partial charge is 0.124 e. The van der Waals surface area contributed by atoms with Crippen molar-refractivity contribution in [2.24, 2.45) is 5.92 Å². The Morgan fingerprint density at radius 1 is 1.30 bits per heavy atom. The van der Waals surface area contributed by atoms with E-state index >= 15 is 0 Å². The van der Waals surface area contributed by atoms with E-state index in [0.29, 0.717) is 12.6 Å². The van der Waals surface area contributed by atoms with Gasteiger partial charge < -0.3 is 15.0 Å². The standard InChI is InChI=1S/C17H28N2O/c1-4-18-16(13-19(3)12-14-10-11-14)15-8-6-7-9-17(15)20-5-2/h6-9,14,16,18H,4-5,10-13H2,1-3H3. The predicted molar refractivity (Wildman–Crippen MR) is 84.2 cm³/mol. The summed E-state index contributed by atoms with van der Waals surface area (Å²) in [6.45, 7) is 8.15. The van der Waals surface area contributed by atoms with E-state index in [4.69, 9.17) is 4.74 Å². The molecule has 0 radical (unpaired) electrons. The molecule has 1 aromatic rings. The first-order valence-corrected chi connectivity index (χ1v) is 7.88. The van der Waals surface area contributed by atoms with Crippen molar-refractivity contribution in [2.75, 3.05) is 33.3 Å². The van der Waals surface area contributed by atoms with Gasteiger partial charge in [0, 0.05) is 24.7 Å². The number of benzene rings is 1. The minimum Gasteiger partial charge on any atom is -0.494 e. The fraction of sp³-hybridized carbons (Fsp3) is 0.647. The molecular weight excluding hydrogens is 248 g/mol. The van der Waals surface area contributed by atoms with Gasteiger partial charge in [-0.1, -0.05) is 25.1 Å². The second-order valence-corrected chi connectivity index (χ2v) is 5.75. The van der Waals surface area contributed by atoms with Crippen LogP contribution in [-0.4, -0.2) is 38.2 Å². The molecular formula is C17H28N2O. The fourth-order valence-electron chi connectivity index (χ4n) is 2.70. The molecule has 0 amide bonds. The summed E-state index contributed by atoms with van der Waals surface area (Å²) in [4.78, 5) is 2.45. The van der Waals surface area contributed by atoms with Crippen LogP contribution in [0, 0.1) is 5.92 Å². The van der Waals surface area contributed by atoms with Crippen molar-refractivity contribution in [3.05, 3.63) is 29.8 Å². The highest BCUT2D eigenvalue weighted by atomic mass is 16.5. The first-order valence-electron chi connectivity index (χ1n) is 7.88. The van der Waals surface area contributed by atoms with Crippen LogP contribution in [0.3, 0.4) is 0 Å². The van der Waals surface area contributed by atoms with Crippen molar-refractivity contribution >= 4 is 0 Å². The van der Waals surface area contributed by atoms with E-state index in [1.807, 2.05) is 13.0 Å². The van der Waals surface area contributed by atoms with Gasteiger partial charge >= 0.3 is 0 Å². The molecule has 0 spiro atoms.